The van der Waals surface area contributed by atoms with E-state index in [9.17, 15) is 0 Å². The van der Waals surface area contributed by atoms with Crippen LogP contribution in [0.2, 0.25) is 5.02 Å². The Morgan fingerprint density at radius 1 is 1.14 bits per heavy atom. The molecule has 0 heterocycles. The molecule has 0 radical (unpaired) electrons. The van der Waals surface area contributed by atoms with Gasteiger partial charge >= 0.3 is 0 Å². The fourth-order valence-corrected chi connectivity index (χ4v) is 2.39. The van der Waals surface area contributed by atoms with Crippen LogP contribution in [0, 0.1) is 0 Å². The SMILES string of the molecule is CC(C)Oc1cccc(C(NN)c2ccc(Cl)cc2N)c1. The summed E-state index contributed by atoms with van der Waals surface area (Å²) in [6.07, 6.45) is 0.116. The van der Waals surface area contributed by atoms with Crippen molar-refractivity contribution in [3.8, 4) is 5.75 Å². The van der Waals surface area contributed by atoms with Crippen molar-refractivity contribution in [3.63, 3.8) is 0 Å². The molecule has 0 saturated heterocycles. The zero-order chi connectivity index (χ0) is 15.4. The van der Waals surface area contributed by atoms with Crippen molar-refractivity contribution in [2.75, 3.05) is 5.73 Å². The van der Waals surface area contributed by atoms with E-state index in [2.05, 4.69) is 5.43 Å². The summed E-state index contributed by atoms with van der Waals surface area (Å²) in [7, 11) is 0. The second-order valence-corrected chi connectivity index (χ2v) is 5.55. The molecule has 0 aliphatic heterocycles. The summed E-state index contributed by atoms with van der Waals surface area (Å²) in [5.74, 6) is 6.52. The van der Waals surface area contributed by atoms with E-state index in [1.54, 1.807) is 12.1 Å². The first-order valence-corrected chi connectivity index (χ1v) is 7.16. The van der Waals surface area contributed by atoms with Crippen molar-refractivity contribution in [2.45, 2.75) is 26.0 Å². The summed E-state index contributed by atoms with van der Waals surface area (Å²) in [4.78, 5) is 0. The highest BCUT2D eigenvalue weighted by atomic mass is 35.5. The van der Waals surface area contributed by atoms with Gasteiger partial charge in [-0.3, -0.25) is 5.84 Å². The number of rotatable bonds is 5. The molecule has 21 heavy (non-hydrogen) atoms. The van der Waals surface area contributed by atoms with Crippen LogP contribution in [-0.4, -0.2) is 6.10 Å². The van der Waals surface area contributed by atoms with E-state index >= 15 is 0 Å². The van der Waals surface area contributed by atoms with E-state index in [0.29, 0.717) is 10.7 Å². The fraction of sp³-hybridized carbons (Fsp3) is 0.250. The number of hydrogen-bond donors (Lipinski definition) is 3. The second-order valence-electron chi connectivity index (χ2n) is 5.11. The normalized spacial score (nSPS) is 12.4. The average molecular weight is 306 g/mol. The Kier molecular flexibility index (Phi) is 5.07. The van der Waals surface area contributed by atoms with Gasteiger partial charge in [-0.05, 0) is 49.2 Å². The lowest BCUT2D eigenvalue weighted by molar-refractivity contribution is 0.242. The number of anilines is 1. The predicted octanol–water partition coefficient (Wildman–Crippen LogP) is 3.26. The Bertz CT molecular complexity index is 616. The third kappa shape index (κ3) is 3.88. The van der Waals surface area contributed by atoms with Crippen molar-refractivity contribution < 1.29 is 4.74 Å². The maximum atomic E-state index is 6.04. The minimum atomic E-state index is -0.224. The van der Waals surface area contributed by atoms with Crippen molar-refractivity contribution in [3.05, 3.63) is 58.6 Å². The lowest BCUT2D eigenvalue weighted by Gasteiger charge is -2.20. The van der Waals surface area contributed by atoms with Gasteiger partial charge in [-0.1, -0.05) is 29.8 Å². The van der Waals surface area contributed by atoms with Gasteiger partial charge < -0.3 is 10.5 Å². The molecule has 4 nitrogen and oxygen atoms in total. The Morgan fingerprint density at radius 2 is 1.90 bits per heavy atom. The molecule has 0 aromatic heterocycles. The molecule has 2 rings (SSSR count). The molecule has 0 fully saturated rings. The molecular formula is C16H20ClN3O. The van der Waals surface area contributed by atoms with E-state index in [4.69, 9.17) is 27.9 Å². The second kappa shape index (κ2) is 6.80. The van der Waals surface area contributed by atoms with Gasteiger partial charge in [-0.2, -0.15) is 0 Å². The lowest BCUT2D eigenvalue weighted by atomic mass is 9.97. The molecule has 1 atom stereocenters. The van der Waals surface area contributed by atoms with Crippen LogP contribution in [0.25, 0.3) is 0 Å². The molecule has 0 bridgehead atoms. The smallest absolute Gasteiger partial charge is 0.120 e. The monoisotopic (exact) mass is 305 g/mol. The topological polar surface area (TPSA) is 73.3 Å². The van der Waals surface area contributed by atoms with E-state index in [-0.39, 0.29) is 12.1 Å². The minimum Gasteiger partial charge on any atom is -0.491 e. The summed E-state index contributed by atoms with van der Waals surface area (Å²) in [6.45, 7) is 3.98. The van der Waals surface area contributed by atoms with E-state index < -0.39 is 0 Å². The number of nitrogens with two attached hydrogens (primary N) is 2. The highest BCUT2D eigenvalue weighted by Gasteiger charge is 2.16. The number of halogens is 1. The number of nitrogens with one attached hydrogen (secondary N) is 1. The molecule has 112 valence electrons. The van der Waals surface area contributed by atoms with Gasteiger partial charge in [0, 0.05) is 10.7 Å². The van der Waals surface area contributed by atoms with Crippen LogP contribution in [0.5, 0.6) is 5.75 Å². The summed E-state index contributed by atoms with van der Waals surface area (Å²) >= 11 is 5.94. The van der Waals surface area contributed by atoms with Crippen LogP contribution >= 0.6 is 11.6 Å². The number of hydrazine groups is 1. The molecule has 5 heteroatoms. The van der Waals surface area contributed by atoms with Gasteiger partial charge in [0.15, 0.2) is 0 Å². The van der Waals surface area contributed by atoms with Crippen LogP contribution < -0.4 is 21.7 Å². The van der Waals surface area contributed by atoms with Crippen LogP contribution in [0.15, 0.2) is 42.5 Å². The first-order valence-electron chi connectivity index (χ1n) is 6.79. The molecule has 0 amide bonds. The van der Waals surface area contributed by atoms with Crippen molar-refractivity contribution in [1.82, 2.24) is 5.43 Å². The van der Waals surface area contributed by atoms with Gasteiger partial charge in [0.05, 0.1) is 12.1 Å². The van der Waals surface area contributed by atoms with Crippen LogP contribution in [0.1, 0.15) is 31.0 Å². The molecule has 2 aromatic carbocycles. The summed E-state index contributed by atoms with van der Waals surface area (Å²) in [6, 6.07) is 13.0. The Morgan fingerprint density at radius 3 is 2.52 bits per heavy atom. The molecule has 5 N–H and O–H groups in total. The number of ether oxygens (including phenoxy) is 1. The Balaban J connectivity index is 2.37. The zero-order valence-corrected chi connectivity index (χ0v) is 12.9. The zero-order valence-electron chi connectivity index (χ0n) is 12.1. The molecule has 0 saturated carbocycles. The third-order valence-electron chi connectivity index (χ3n) is 3.09. The van der Waals surface area contributed by atoms with Crippen molar-refractivity contribution in [1.29, 1.82) is 0 Å². The fourth-order valence-electron chi connectivity index (χ4n) is 2.21. The quantitative estimate of drug-likeness (QED) is 0.450. The molecular weight excluding hydrogens is 286 g/mol. The van der Waals surface area contributed by atoms with E-state index in [1.165, 1.54) is 0 Å². The van der Waals surface area contributed by atoms with E-state index in [0.717, 1.165) is 16.9 Å². The van der Waals surface area contributed by atoms with Crippen LogP contribution in [-0.2, 0) is 0 Å². The lowest BCUT2D eigenvalue weighted by Crippen LogP contribution is -2.29. The predicted molar refractivity (Wildman–Crippen MR) is 87.2 cm³/mol. The first kappa shape index (κ1) is 15.6. The van der Waals surface area contributed by atoms with Gasteiger partial charge in [0.2, 0.25) is 0 Å². The number of benzene rings is 2. The molecule has 2 aromatic rings. The number of hydrogen-bond acceptors (Lipinski definition) is 4. The van der Waals surface area contributed by atoms with Gasteiger partial charge in [0.1, 0.15) is 5.75 Å². The molecule has 0 aliphatic rings. The van der Waals surface area contributed by atoms with Crippen molar-refractivity contribution in [2.24, 2.45) is 5.84 Å². The molecule has 0 spiro atoms. The number of nitrogen functional groups attached to an aromatic ring is 1. The maximum Gasteiger partial charge on any atom is 0.120 e. The maximum absolute atomic E-state index is 6.04. The Hall–Kier alpha value is -1.75. The van der Waals surface area contributed by atoms with Gasteiger partial charge in [0.25, 0.3) is 0 Å². The standard InChI is InChI=1S/C16H20ClN3O/c1-10(2)21-13-5-3-4-11(8-13)16(20-19)14-7-6-12(17)9-15(14)18/h3-10,16,20H,18-19H2,1-2H3. The molecule has 1 unspecified atom stereocenters. The van der Waals surface area contributed by atoms with Gasteiger partial charge in [-0.25, -0.2) is 5.43 Å². The van der Waals surface area contributed by atoms with Gasteiger partial charge in [-0.15, -0.1) is 0 Å². The minimum absolute atomic E-state index is 0.116. The highest BCUT2D eigenvalue weighted by molar-refractivity contribution is 6.30. The summed E-state index contributed by atoms with van der Waals surface area (Å²) < 4.78 is 5.71. The van der Waals surface area contributed by atoms with E-state index in [1.807, 2.05) is 44.2 Å². The molecule has 0 aliphatic carbocycles. The first-order chi connectivity index (χ1) is 10.0. The summed E-state index contributed by atoms with van der Waals surface area (Å²) in [5.41, 5.74) is 11.3. The highest BCUT2D eigenvalue weighted by Crippen LogP contribution is 2.30. The average Bonchev–Trinajstić information content (AvgIpc) is 2.41. The third-order valence-corrected chi connectivity index (χ3v) is 3.32. The van der Waals surface area contributed by atoms with Crippen LogP contribution in [0.3, 0.4) is 0 Å². The van der Waals surface area contributed by atoms with Crippen LogP contribution in [0.4, 0.5) is 5.69 Å². The van der Waals surface area contributed by atoms with Crippen molar-refractivity contribution >= 4 is 17.3 Å². The largest absolute Gasteiger partial charge is 0.491 e. The summed E-state index contributed by atoms with van der Waals surface area (Å²) in [5, 5.41) is 0.601. The Labute approximate surface area is 130 Å².